The highest BCUT2D eigenvalue weighted by Gasteiger charge is 2.15. The molecule has 0 N–H and O–H groups in total. The smallest absolute Gasteiger partial charge is 0.258 e. The largest absolute Gasteiger partial charge is 0.494 e. The standard InChI is InChI=1S/C17H19NO2/c1-3-18(15-8-6-5-7-9-15)17(19)14-10-12-16(13-11-14)20-4-2/h5-13H,3-4H2,1-2H3. The number of benzene rings is 2. The Balaban J connectivity index is 2.20. The van der Waals surface area contributed by atoms with Crippen molar-refractivity contribution in [3.05, 3.63) is 60.2 Å². The molecule has 0 aliphatic heterocycles. The molecule has 1 amide bonds. The van der Waals surface area contributed by atoms with E-state index in [1.807, 2.05) is 56.3 Å². The molecule has 0 aromatic heterocycles. The van der Waals surface area contributed by atoms with Gasteiger partial charge in [0.15, 0.2) is 0 Å². The fraction of sp³-hybridized carbons (Fsp3) is 0.235. The van der Waals surface area contributed by atoms with Gasteiger partial charge in [-0.25, -0.2) is 0 Å². The summed E-state index contributed by atoms with van der Waals surface area (Å²) in [5, 5.41) is 0. The zero-order valence-electron chi connectivity index (χ0n) is 11.9. The zero-order valence-corrected chi connectivity index (χ0v) is 11.9. The molecular weight excluding hydrogens is 250 g/mol. The van der Waals surface area contributed by atoms with Crippen LogP contribution in [0, 0.1) is 0 Å². The fourth-order valence-electron chi connectivity index (χ4n) is 2.07. The molecule has 0 atom stereocenters. The molecule has 3 nitrogen and oxygen atoms in total. The van der Waals surface area contributed by atoms with Gasteiger partial charge in [-0.15, -0.1) is 0 Å². The van der Waals surface area contributed by atoms with E-state index in [-0.39, 0.29) is 5.91 Å². The van der Waals surface area contributed by atoms with Crippen LogP contribution < -0.4 is 9.64 Å². The van der Waals surface area contributed by atoms with E-state index in [2.05, 4.69) is 0 Å². The first kappa shape index (κ1) is 14.1. The van der Waals surface area contributed by atoms with Crippen LogP contribution >= 0.6 is 0 Å². The third-order valence-corrected chi connectivity index (χ3v) is 3.04. The van der Waals surface area contributed by atoms with E-state index < -0.39 is 0 Å². The average Bonchev–Trinajstić information content (AvgIpc) is 2.50. The maximum atomic E-state index is 12.5. The molecule has 0 aliphatic rings. The Kier molecular flexibility index (Phi) is 4.77. The molecule has 20 heavy (non-hydrogen) atoms. The van der Waals surface area contributed by atoms with Crippen LogP contribution in [0.1, 0.15) is 24.2 Å². The minimum Gasteiger partial charge on any atom is -0.494 e. The molecule has 0 heterocycles. The number of nitrogens with zero attached hydrogens (tertiary/aromatic N) is 1. The lowest BCUT2D eigenvalue weighted by Crippen LogP contribution is -2.30. The molecule has 104 valence electrons. The normalized spacial score (nSPS) is 10.1. The molecule has 0 radical (unpaired) electrons. The van der Waals surface area contributed by atoms with Gasteiger partial charge in [0.05, 0.1) is 6.61 Å². The predicted octanol–water partition coefficient (Wildman–Crippen LogP) is 3.75. The molecule has 3 heteroatoms. The van der Waals surface area contributed by atoms with Crippen molar-refractivity contribution in [1.29, 1.82) is 0 Å². The maximum Gasteiger partial charge on any atom is 0.258 e. The highest BCUT2D eigenvalue weighted by atomic mass is 16.5. The number of carbonyl (C=O) groups excluding carboxylic acids is 1. The van der Waals surface area contributed by atoms with Crippen molar-refractivity contribution in [2.24, 2.45) is 0 Å². The van der Waals surface area contributed by atoms with E-state index in [1.165, 1.54) is 0 Å². The Morgan fingerprint density at radius 1 is 1.00 bits per heavy atom. The van der Waals surface area contributed by atoms with E-state index in [0.717, 1.165) is 11.4 Å². The minimum atomic E-state index is 0.00162. The van der Waals surface area contributed by atoms with Crippen LogP contribution in [0.25, 0.3) is 0 Å². The van der Waals surface area contributed by atoms with E-state index in [4.69, 9.17) is 4.74 Å². The highest BCUT2D eigenvalue weighted by molar-refractivity contribution is 6.06. The number of para-hydroxylation sites is 1. The topological polar surface area (TPSA) is 29.5 Å². The first-order valence-electron chi connectivity index (χ1n) is 6.86. The lowest BCUT2D eigenvalue weighted by molar-refractivity contribution is 0.0988. The van der Waals surface area contributed by atoms with Crippen LogP contribution in [0.15, 0.2) is 54.6 Å². The van der Waals surface area contributed by atoms with Crippen molar-refractivity contribution < 1.29 is 9.53 Å². The predicted molar refractivity (Wildman–Crippen MR) is 81.4 cm³/mol. The van der Waals surface area contributed by atoms with Gasteiger partial charge in [-0.2, -0.15) is 0 Å². The molecule has 0 saturated heterocycles. The Labute approximate surface area is 119 Å². The summed E-state index contributed by atoms with van der Waals surface area (Å²) >= 11 is 0. The van der Waals surface area contributed by atoms with Gasteiger partial charge in [-0.05, 0) is 50.2 Å². The van der Waals surface area contributed by atoms with Crippen LogP contribution in [-0.4, -0.2) is 19.1 Å². The number of anilines is 1. The molecule has 0 unspecified atom stereocenters. The highest BCUT2D eigenvalue weighted by Crippen LogP contribution is 2.18. The summed E-state index contributed by atoms with van der Waals surface area (Å²) in [6, 6.07) is 17.0. The molecule has 0 fully saturated rings. The summed E-state index contributed by atoms with van der Waals surface area (Å²) in [5.41, 5.74) is 1.58. The summed E-state index contributed by atoms with van der Waals surface area (Å²) in [6.07, 6.45) is 0. The quantitative estimate of drug-likeness (QED) is 0.827. The van der Waals surface area contributed by atoms with Gasteiger partial charge < -0.3 is 9.64 Å². The monoisotopic (exact) mass is 269 g/mol. The van der Waals surface area contributed by atoms with Gasteiger partial charge >= 0.3 is 0 Å². The van der Waals surface area contributed by atoms with E-state index in [1.54, 1.807) is 17.0 Å². The molecular formula is C17H19NO2. The van der Waals surface area contributed by atoms with E-state index in [0.29, 0.717) is 18.7 Å². The Morgan fingerprint density at radius 3 is 2.20 bits per heavy atom. The number of amides is 1. The SMILES string of the molecule is CCOc1ccc(C(=O)N(CC)c2ccccc2)cc1. The van der Waals surface area contributed by atoms with Gasteiger partial charge in [-0.1, -0.05) is 18.2 Å². The number of hydrogen-bond acceptors (Lipinski definition) is 2. The molecule has 0 aliphatic carbocycles. The second-order valence-electron chi connectivity index (χ2n) is 4.34. The van der Waals surface area contributed by atoms with Gasteiger partial charge in [0.2, 0.25) is 0 Å². The summed E-state index contributed by atoms with van der Waals surface area (Å²) < 4.78 is 5.39. The summed E-state index contributed by atoms with van der Waals surface area (Å²) in [6.45, 7) is 5.17. The average molecular weight is 269 g/mol. The van der Waals surface area contributed by atoms with Crippen molar-refractivity contribution in [2.75, 3.05) is 18.1 Å². The number of carbonyl (C=O) groups is 1. The second kappa shape index (κ2) is 6.75. The number of hydrogen-bond donors (Lipinski definition) is 0. The lowest BCUT2D eigenvalue weighted by Gasteiger charge is -2.21. The molecule has 0 bridgehead atoms. The number of ether oxygens (including phenoxy) is 1. The zero-order chi connectivity index (χ0) is 14.4. The maximum absolute atomic E-state index is 12.5. The first-order valence-corrected chi connectivity index (χ1v) is 6.86. The Bertz CT molecular complexity index is 549. The van der Waals surface area contributed by atoms with Crippen molar-refractivity contribution in [1.82, 2.24) is 0 Å². The summed E-state index contributed by atoms with van der Waals surface area (Å²) in [5.74, 6) is 0.786. The minimum absolute atomic E-state index is 0.00162. The van der Waals surface area contributed by atoms with Gasteiger partial charge in [-0.3, -0.25) is 4.79 Å². The van der Waals surface area contributed by atoms with Crippen LogP contribution in [-0.2, 0) is 0 Å². The van der Waals surface area contributed by atoms with Crippen LogP contribution in [0.5, 0.6) is 5.75 Å². The summed E-state index contributed by atoms with van der Waals surface area (Å²) in [7, 11) is 0. The molecule has 0 spiro atoms. The third kappa shape index (κ3) is 3.18. The van der Waals surface area contributed by atoms with Crippen LogP contribution in [0.3, 0.4) is 0 Å². The van der Waals surface area contributed by atoms with Crippen molar-refractivity contribution >= 4 is 11.6 Å². The van der Waals surface area contributed by atoms with Crippen molar-refractivity contribution in [3.63, 3.8) is 0 Å². The second-order valence-corrected chi connectivity index (χ2v) is 4.34. The Morgan fingerprint density at radius 2 is 1.65 bits per heavy atom. The molecule has 2 aromatic carbocycles. The van der Waals surface area contributed by atoms with Gasteiger partial charge in [0.1, 0.15) is 5.75 Å². The van der Waals surface area contributed by atoms with Crippen LogP contribution in [0.2, 0.25) is 0 Å². The first-order chi connectivity index (χ1) is 9.76. The van der Waals surface area contributed by atoms with Crippen molar-refractivity contribution in [2.45, 2.75) is 13.8 Å². The van der Waals surface area contributed by atoms with Crippen LogP contribution in [0.4, 0.5) is 5.69 Å². The van der Waals surface area contributed by atoms with Gasteiger partial charge in [0, 0.05) is 17.8 Å². The van der Waals surface area contributed by atoms with E-state index >= 15 is 0 Å². The van der Waals surface area contributed by atoms with Gasteiger partial charge in [0.25, 0.3) is 5.91 Å². The number of rotatable bonds is 5. The third-order valence-electron chi connectivity index (χ3n) is 3.04. The molecule has 2 aromatic rings. The molecule has 2 rings (SSSR count). The summed E-state index contributed by atoms with van der Waals surface area (Å²) in [4.78, 5) is 14.3. The fourth-order valence-corrected chi connectivity index (χ4v) is 2.07. The van der Waals surface area contributed by atoms with E-state index in [9.17, 15) is 4.79 Å². The van der Waals surface area contributed by atoms with Crippen molar-refractivity contribution in [3.8, 4) is 5.75 Å². The Hall–Kier alpha value is -2.29. The lowest BCUT2D eigenvalue weighted by atomic mass is 10.1. The molecule has 0 saturated carbocycles.